The number of nitrogens with two attached hydrogens (primary N) is 1. The van der Waals surface area contributed by atoms with E-state index < -0.39 is 0 Å². The second-order valence-electron chi connectivity index (χ2n) is 3.39. The summed E-state index contributed by atoms with van der Waals surface area (Å²) in [5.74, 6) is 0.906. The molecule has 0 bridgehead atoms. The predicted molar refractivity (Wildman–Crippen MR) is 64.8 cm³/mol. The number of hydrogen-bond acceptors (Lipinski definition) is 6. The van der Waals surface area contributed by atoms with Gasteiger partial charge in [-0.15, -0.1) is 0 Å². The second kappa shape index (κ2) is 6.55. The first kappa shape index (κ1) is 13.1. The van der Waals surface area contributed by atoms with Crippen molar-refractivity contribution in [2.75, 3.05) is 25.2 Å². The van der Waals surface area contributed by atoms with Crippen LogP contribution in [-0.2, 0) is 4.74 Å². The molecular weight excluding hydrogens is 226 g/mol. The summed E-state index contributed by atoms with van der Waals surface area (Å²) in [6, 6.07) is 1.61. The van der Waals surface area contributed by atoms with Crippen molar-refractivity contribution in [3.05, 3.63) is 6.07 Å². The molecule has 5 nitrogen and oxygen atoms in total. The molecule has 0 saturated carbocycles. The van der Waals surface area contributed by atoms with E-state index in [-0.39, 0.29) is 6.10 Å². The summed E-state index contributed by atoms with van der Waals surface area (Å²) < 4.78 is 10.8. The Morgan fingerprint density at radius 2 is 2.12 bits per heavy atom. The van der Waals surface area contributed by atoms with Gasteiger partial charge < -0.3 is 15.2 Å². The molecule has 1 aromatic heterocycles. The molecule has 0 amide bonds. The lowest BCUT2D eigenvalue weighted by Crippen LogP contribution is -2.12. The van der Waals surface area contributed by atoms with Gasteiger partial charge >= 0.3 is 0 Å². The van der Waals surface area contributed by atoms with Gasteiger partial charge in [0.2, 0.25) is 5.88 Å². The number of hydrogen-bond donors (Lipinski definition) is 1. The van der Waals surface area contributed by atoms with Gasteiger partial charge in [0.1, 0.15) is 12.4 Å². The molecule has 6 heteroatoms. The maximum absolute atomic E-state index is 5.61. The van der Waals surface area contributed by atoms with Crippen molar-refractivity contribution in [1.82, 2.24) is 9.97 Å². The molecule has 0 aliphatic rings. The average molecular weight is 243 g/mol. The average Bonchev–Trinajstić information content (AvgIpc) is 2.23. The molecule has 0 atom stereocenters. The molecule has 2 N–H and O–H groups in total. The molecule has 0 spiro atoms. The molecule has 0 radical (unpaired) electrons. The summed E-state index contributed by atoms with van der Waals surface area (Å²) >= 11 is 1.43. The summed E-state index contributed by atoms with van der Waals surface area (Å²) in [5.41, 5.74) is 5.61. The van der Waals surface area contributed by atoms with Gasteiger partial charge in [0.25, 0.3) is 0 Å². The zero-order chi connectivity index (χ0) is 12.0. The summed E-state index contributed by atoms with van der Waals surface area (Å²) in [5, 5.41) is 0.611. The van der Waals surface area contributed by atoms with E-state index in [0.29, 0.717) is 30.1 Å². The number of ether oxygens (including phenoxy) is 2. The molecule has 90 valence electrons. The Labute approximate surface area is 99.8 Å². The molecule has 0 unspecified atom stereocenters. The maximum atomic E-state index is 5.61. The summed E-state index contributed by atoms with van der Waals surface area (Å²) in [4.78, 5) is 8.19. The zero-order valence-electron chi connectivity index (χ0n) is 9.77. The SMILES string of the molecule is CSc1nc(N)cc(OCCOC(C)C)n1. The van der Waals surface area contributed by atoms with Gasteiger partial charge in [0, 0.05) is 6.07 Å². The van der Waals surface area contributed by atoms with Crippen molar-refractivity contribution in [3.8, 4) is 5.88 Å². The molecule has 16 heavy (non-hydrogen) atoms. The van der Waals surface area contributed by atoms with E-state index in [4.69, 9.17) is 15.2 Å². The van der Waals surface area contributed by atoms with Crippen LogP contribution in [0, 0.1) is 0 Å². The van der Waals surface area contributed by atoms with Gasteiger partial charge in [-0.25, -0.2) is 4.98 Å². The van der Waals surface area contributed by atoms with Crippen LogP contribution in [0.3, 0.4) is 0 Å². The van der Waals surface area contributed by atoms with E-state index in [0.717, 1.165) is 0 Å². The second-order valence-corrected chi connectivity index (χ2v) is 4.16. The number of aromatic nitrogens is 2. The van der Waals surface area contributed by atoms with Gasteiger partial charge in [-0.05, 0) is 20.1 Å². The van der Waals surface area contributed by atoms with E-state index in [1.165, 1.54) is 11.8 Å². The highest BCUT2D eigenvalue weighted by atomic mass is 32.2. The third-order valence-corrected chi connectivity index (χ3v) is 2.22. The first-order chi connectivity index (χ1) is 7.61. The predicted octanol–water partition coefficient (Wildman–Crippen LogP) is 1.58. The highest BCUT2D eigenvalue weighted by Crippen LogP contribution is 2.16. The molecule has 1 rings (SSSR count). The number of nitrogen functional groups attached to an aromatic ring is 1. The lowest BCUT2D eigenvalue weighted by molar-refractivity contribution is 0.0541. The lowest BCUT2D eigenvalue weighted by Gasteiger charge is -2.09. The van der Waals surface area contributed by atoms with E-state index in [2.05, 4.69) is 9.97 Å². The Balaban J connectivity index is 2.44. The van der Waals surface area contributed by atoms with E-state index in [9.17, 15) is 0 Å². The van der Waals surface area contributed by atoms with Crippen molar-refractivity contribution in [2.24, 2.45) is 0 Å². The molecule has 0 saturated heterocycles. The molecule has 0 aliphatic heterocycles. The van der Waals surface area contributed by atoms with Crippen LogP contribution in [-0.4, -0.2) is 35.5 Å². The first-order valence-corrected chi connectivity index (χ1v) is 6.27. The molecule has 0 aromatic carbocycles. The Bertz CT molecular complexity index is 334. The topological polar surface area (TPSA) is 70.3 Å². The Hall–Kier alpha value is -1.01. The molecule has 1 aromatic rings. The zero-order valence-corrected chi connectivity index (χ0v) is 10.6. The minimum Gasteiger partial charge on any atom is -0.475 e. The van der Waals surface area contributed by atoms with Gasteiger partial charge in [0.15, 0.2) is 5.16 Å². The number of rotatable bonds is 6. The van der Waals surface area contributed by atoms with Crippen LogP contribution in [0.4, 0.5) is 5.82 Å². The van der Waals surface area contributed by atoms with Crippen LogP contribution in [0.25, 0.3) is 0 Å². The van der Waals surface area contributed by atoms with Crippen molar-refractivity contribution < 1.29 is 9.47 Å². The van der Waals surface area contributed by atoms with Crippen molar-refractivity contribution in [1.29, 1.82) is 0 Å². The highest BCUT2D eigenvalue weighted by molar-refractivity contribution is 7.98. The number of thioether (sulfide) groups is 1. The van der Waals surface area contributed by atoms with Crippen LogP contribution in [0.2, 0.25) is 0 Å². The maximum Gasteiger partial charge on any atom is 0.219 e. The van der Waals surface area contributed by atoms with Gasteiger partial charge in [-0.1, -0.05) is 11.8 Å². The molecule has 0 fully saturated rings. The van der Waals surface area contributed by atoms with Crippen molar-refractivity contribution >= 4 is 17.6 Å². The fourth-order valence-corrected chi connectivity index (χ4v) is 1.39. The summed E-state index contributed by atoms with van der Waals surface area (Å²) in [6.45, 7) is 4.96. The van der Waals surface area contributed by atoms with E-state index in [1.807, 2.05) is 20.1 Å². The van der Waals surface area contributed by atoms with Crippen LogP contribution in [0.15, 0.2) is 11.2 Å². The van der Waals surface area contributed by atoms with Gasteiger partial charge in [-0.3, -0.25) is 0 Å². The third kappa shape index (κ3) is 4.67. The van der Waals surface area contributed by atoms with E-state index in [1.54, 1.807) is 6.07 Å². The van der Waals surface area contributed by atoms with Crippen molar-refractivity contribution in [3.63, 3.8) is 0 Å². The Morgan fingerprint density at radius 1 is 1.38 bits per heavy atom. The van der Waals surface area contributed by atoms with Crippen LogP contribution >= 0.6 is 11.8 Å². The lowest BCUT2D eigenvalue weighted by atomic mass is 10.5. The van der Waals surface area contributed by atoms with Gasteiger partial charge in [-0.2, -0.15) is 4.98 Å². The fraction of sp³-hybridized carbons (Fsp3) is 0.600. The smallest absolute Gasteiger partial charge is 0.219 e. The van der Waals surface area contributed by atoms with E-state index >= 15 is 0 Å². The highest BCUT2D eigenvalue weighted by Gasteiger charge is 2.02. The third-order valence-electron chi connectivity index (χ3n) is 1.67. The summed E-state index contributed by atoms with van der Waals surface area (Å²) in [7, 11) is 0. The van der Waals surface area contributed by atoms with Gasteiger partial charge in [0.05, 0.1) is 12.7 Å². The fourth-order valence-electron chi connectivity index (χ4n) is 1.02. The number of anilines is 1. The normalized spacial score (nSPS) is 10.8. The largest absolute Gasteiger partial charge is 0.475 e. The molecular formula is C10H17N3O2S. The quantitative estimate of drug-likeness (QED) is 0.465. The van der Waals surface area contributed by atoms with Crippen molar-refractivity contribution in [2.45, 2.75) is 25.1 Å². The standard InChI is InChI=1S/C10H17N3O2S/c1-7(2)14-4-5-15-9-6-8(11)12-10(13-9)16-3/h6-7H,4-5H2,1-3H3,(H2,11,12,13). The monoisotopic (exact) mass is 243 g/mol. The molecule has 0 aliphatic carbocycles. The number of nitrogens with zero attached hydrogens (tertiary/aromatic N) is 2. The Morgan fingerprint density at radius 3 is 2.75 bits per heavy atom. The van der Waals surface area contributed by atoms with Crippen LogP contribution < -0.4 is 10.5 Å². The summed E-state index contributed by atoms with van der Waals surface area (Å²) in [6.07, 6.45) is 2.10. The van der Waals surface area contributed by atoms with Crippen LogP contribution in [0.5, 0.6) is 5.88 Å². The minimum atomic E-state index is 0.209. The molecule has 1 heterocycles. The Kier molecular flexibility index (Phi) is 5.34. The first-order valence-electron chi connectivity index (χ1n) is 5.04. The minimum absolute atomic E-state index is 0.209. The van der Waals surface area contributed by atoms with Crippen LogP contribution in [0.1, 0.15) is 13.8 Å².